The van der Waals surface area contributed by atoms with Crippen molar-refractivity contribution in [3.8, 4) is 5.75 Å². The minimum atomic E-state index is -5.07. The topological polar surface area (TPSA) is 99.0 Å². The molecule has 0 heterocycles. The first kappa shape index (κ1) is 17.2. The lowest BCUT2D eigenvalue weighted by atomic mass is 10.0. The zero-order valence-corrected chi connectivity index (χ0v) is 10.9. The molecule has 118 valence electrons. The number of aromatic carboxylic acids is 1. The first-order valence-corrected chi connectivity index (χ1v) is 5.79. The molecule has 6 nitrogen and oxygen atoms in total. The third kappa shape index (κ3) is 4.88. The number of carboxylic acids is 1. The Bertz CT molecular complexity index is 506. The summed E-state index contributed by atoms with van der Waals surface area (Å²) in [6.45, 7) is -0.00267. The largest absolute Gasteiger partial charge is 0.573 e. The average molecular weight is 309 g/mol. The van der Waals surface area contributed by atoms with Gasteiger partial charge in [-0.05, 0) is 24.7 Å². The van der Waals surface area contributed by atoms with Gasteiger partial charge >= 0.3 is 12.3 Å². The van der Waals surface area contributed by atoms with Crippen molar-refractivity contribution in [1.29, 1.82) is 0 Å². The van der Waals surface area contributed by atoms with Gasteiger partial charge in [0.05, 0.1) is 6.10 Å². The van der Waals surface area contributed by atoms with Gasteiger partial charge in [0.1, 0.15) is 17.4 Å². The fraction of sp³-hybridized carbons (Fsp3) is 0.417. The molecule has 0 saturated heterocycles. The molecule has 0 bridgehead atoms. The highest BCUT2D eigenvalue weighted by molar-refractivity contribution is 5.91. The van der Waals surface area contributed by atoms with Crippen molar-refractivity contribution in [1.82, 2.24) is 5.32 Å². The number of benzene rings is 1. The zero-order valence-electron chi connectivity index (χ0n) is 10.9. The van der Waals surface area contributed by atoms with Crippen LogP contribution in [0.2, 0.25) is 0 Å². The van der Waals surface area contributed by atoms with Crippen molar-refractivity contribution in [3.05, 3.63) is 29.3 Å². The maximum absolute atomic E-state index is 12.3. The summed E-state index contributed by atoms with van der Waals surface area (Å²) < 4.78 is 40.4. The minimum absolute atomic E-state index is 0.00267. The third-order valence-electron chi connectivity index (χ3n) is 2.58. The lowest BCUT2D eigenvalue weighted by molar-refractivity contribution is -0.274. The van der Waals surface area contributed by atoms with Crippen LogP contribution in [0, 0.1) is 0 Å². The zero-order chi connectivity index (χ0) is 16.2. The summed E-state index contributed by atoms with van der Waals surface area (Å²) in [5.74, 6) is -2.56. The van der Waals surface area contributed by atoms with Gasteiger partial charge in [0.2, 0.25) is 0 Å². The molecule has 0 fully saturated rings. The molecule has 0 saturated carbocycles. The van der Waals surface area contributed by atoms with Gasteiger partial charge in [0, 0.05) is 6.54 Å². The Hall–Kier alpha value is -1.84. The van der Waals surface area contributed by atoms with Crippen LogP contribution in [-0.4, -0.2) is 47.3 Å². The number of alkyl halides is 3. The first-order chi connectivity index (χ1) is 9.65. The van der Waals surface area contributed by atoms with Gasteiger partial charge in [0.25, 0.3) is 0 Å². The molecule has 0 aliphatic heterocycles. The van der Waals surface area contributed by atoms with Crippen LogP contribution in [0.5, 0.6) is 5.75 Å². The lowest BCUT2D eigenvalue weighted by Crippen LogP contribution is -2.29. The number of aliphatic hydroxyl groups excluding tert-OH is 2. The monoisotopic (exact) mass is 309 g/mol. The van der Waals surface area contributed by atoms with Crippen LogP contribution >= 0.6 is 0 Å². The Morgan fingerprint density at radius 1 is 1.38 bits per heavy atom. The van der Waals surface area contributed by atoms with Crippen molar-refractivity contribution in [2.45, 2.75) is 18.6 Å². The Morgan fingerprint density at radius 3 is 2.48 bits per heavy atom. The van der Waals surface area contributed by atoms with Crippen LogP contribution in [0.4, 0.5) is 13.2 Å². The smallest absolute Gasteiger partial charge is 0.478 e. The molecule has 1 rings (SSSR count). The van der Waals surface area contributed by atoms with Gasteiger partial charge in [-0.2, -0.15) is 0 Å². The second kappa shape index (κ2) is 6.74. The lowest BCUT2D eigenvalue weighted by Gasteiger charge is -2.19. The maximum Gasteiger partial charge on any atom is 0.573 e. The van der Waals surface area contributed by atoms with Crippen LogP contribution in [-0.2, 0) is 0 Å². The second-order valence-corrected chi connectivity index (χ2v) is 4.18. The summed E-state index contributed by atoms with van der Waals surface area (Å²) in [6.07, 6.45) is -7.84. The number of hydrogen-bond acceptors (Lipinski definition) is 5. The van der Waals surface area contributed by atoms with Crippen molar-refractivity contribution in [2.75, 3.05) is 13.6 Å². The number of ether oxygens (including phenoxy) is 1. The third-order valence-corrected chi connectivity index (χ3v) is 2.58. The van der Waals surface area contributed by atoms with Crippen LogP contribution in [0.1, 0.15) is 22.0 Å². The molecule has 1 aromatic rings. The standard InChI is InChI=1S/C12H14F3NO5/c1-16-5-8(17)10(18)6-2-3-7(11(19)20)9(4-6)21-12(13,14)15/h2-4,8,10,16-18H,5H2,1H3,(H,19,20). The number of hydrogen-bond donors (Lipinski definition) is 4. The maximum atomic E-state index is 12.3. The number of aliphatic hydroxyl groups is 2. The van der Waals surface area contributed by atoms with Crippen LogP contribution in [0.3, 0.4) is 0 Å². The van der Waals surface area contributed by atoms with E-state index in [0.29, 0.717) is 0 Å². The van der Waals surface area contributed by atoms with Crippen molar-refractivity contribution < 1.29 is 38.0 Å². The van der Waals surface area contributed by atoms with Crippen molar-refractivity contribution in [2.24, 2.45) is 0 Å². The molecule has 0 amide bonds. The van der Waals surface area contributed by atoms with E-state index in [1.54, 1.807) is 0 Å². The van der Waals surface area contributed by atoms with E-state index in [9.17, 15) is 28.2 Å². The molecular weight excluding hydrogens is 295 g/mol. The molecule has 9 heteroatoms. The van der Waals surface area contributed by atoms with Gasteiger partial charge in [-0.3, -0.25) is 0 Å². The summed E-state index contributed by atoms with van der Waals surface area (Å²) in [7, 11) is 1.52. The molecule has 0 aliphatic rings. The first-order valence-electron chi connectivity index (χ1n) is 5.79. The highest BCUT2D eigenvalue weighted by Crippen LogP contribution is 2.30. The van der Waals surface area contributed by atoms with Gasteiger partial charge in [-0.1, -0.05) is 6.07 Å². The molecule has 21 heavy (non-hydrogen) atoms. The Labute approximate surface area is 117 Å². The number of halogens is 3. The summed E-state index contributed by atoms with van der Waals surface area (Å²) >= 11 is 0. The molecule has 2 atom stereocenters. The van der Waals surface area contributed by atoms with Crippen LogP contribution < -0.4 is 10.1 Å². The fourth-order valence-corrected chi connectivity index (χ4v) is 1.65. The second-order valence-electron chi connectivity index (χ2n) is 4.18. The molecule has 2 unspecified atom stereocenters. The van der Waals surface area contributed by atoms with E-state index in [2.05, 4.69) is 10.1 Å². The summed E-state index contributed by atoms with van der Waals surface area (Å²) in [4.78, 5) is 10.9. The number of carboxylic acid groups (broad SMARTS) is 1. The van der Waals surface area contributed by atoms with Gasteiger partial charge < -0.3 is 25.4 Å². The molecule has 0 spiro atoms. The molecular formula is C12H14F3NO5. The van der Waals surface area contributed by atoms with E-state index < -0.39 is 35.9 Å². The molecule has 1 aromatic carbocycles. The SMILES string of the molecule is CNCC(O)C(O)c1ccc(C(=O)O)c(OC(F)(F)F)c1. The Kier molecular flexibility index (Phi) is 5.53. The van der Waals surface area contributed by atoms with E-state index in [1.807, 2.05) is 0 Å². The van der Waals surface area contributed by atoms with Gasteiger partial charge in [-0.15, -0.1) is 13.2 Å². The average Bonchev–Trinajstić information content (AvgIpc) is 2.35. The quantitative estimate of drug-likeness (QED) is 0.623. The Morgan fingerprint density at radius 2 is 2.00 bits per heavy atom. The number of likely N-dealkylation sites (N-methyl/N-ethyl adjacent to an activating group) is 1. The highest BCUT2D eigenvalue weighted by atomic mass is 19.4. The molecule has 4 N–H and O–H groups in total. The summed E-state index contributed by atoms with van der Waals surface area (Å²) in [5, 5.41) is 30.8. The predicted octanol–water partition coefficient (Wildman–Crippen LogP) is 0.897. The van der Waals surface area contributed by atoms with E-state index in [-0.39, 0.29) is 12.1 Å². The van der Waals surface area contributed by atoms with E-state index in [0.717, 1.165) is 18.2 Å². The van der Waals surface area contributed by atoms with Gasteiger partial charge in [-0.25, -0.2) is 4.79 Å². The molecule has 0 radical (unpaired) electrons. The molecule has 0 aromatic heterocycles. The number of carbonyl (C=O) groups is 1. The Balaban J connectivity index is 3.14. The normalized spacial score (nSPS) is 14.6. The number of nitrogens with one attached hydrogen (secondary N) is 1. The number of rotatable bonds is 6. The molecule has 0 aliphatic carbocycles. The minimum Gasteiger partial charge on any atom is -0.478 e. The van der Waals surface area contributed by atoms with E-state index >= 15 is 0 Å². The fourth-order valence-electron chi connectivity index (χ4n) is 1.65. The van der Waals surface area contributed by atoms with Gasteiger partial charge in [0.15, 0.2) is 0 Å². The summed E-state index contributed by atoms with van der Waals surface area (Å²) in [5.41, 5.74) is -0.798. The van der Waals surface area contributed by atoms with Crippen LogP contribution in [0.25, 0.3) is 0 Å². The summed E-state index contributed by atoms with van der Waals surface area (Å²) in [6, 6.07) is 2.71. The van der Waals surface area contributed by atoms with Crippen LogP contribution in [0.15, 0.2) is 18.2 Å². The van der Waals surface area contributed by atoms with Crippen molar-refractivity contribution >= 4 is 5.97 Å². The predicted molar refractivity (Wildman–Crippen MR) is 65.0 cm³/mol. The van der Waals surface area contributed by atoms with E-state index in [4.69, 9.17) is 5.11 Å². The van der Waals surface area contributed by atoms with E-state index in [1.165, 1.54) is 7.05 Å². The highest BCUT2D eigenvalue weighted by Gasteiger charge is 2.33. The van der Waals surface area contributed by atoms with Crippen molar-refractivity contribution in [3.63, 3.8) is 0 Å².